The van der Waals surface area contributed by atoms with E-state index in [1.807, 2.05) is 7.05 Å². The van der Waals surface area contributed by atoms with E-state index in [2.05, 4.69) is 77.5 Å². The van der Waals surface area contributed by atoms with Crippen LogP contribution in [0.15, 0.2) is 50.6 Å². The second-order valence-electron chi connectivity index (χ2n) is 6.70. The van der Waals surface area contributed by atoms with Gasteiger partial charge in [-0.3, -0.25) is 9.89 Å². The van der Waals surface area contributed by atoms with Crippen molar-refractivity contribution in [2.45, 2.75) is 31.8 Å². The van der Waals surface area contributed by atoms with Gasteiger partial charge in [-0.15, -0.1) is 0 Å². The van der Waals surface area contributed by atoms with Crippen LogP contribution in [0, 0.1) is 0 Å². The monoisotopic (exact) mass is 434 g/mol. The van der Waals surface area contributed by atoms with Crippen molar-refractivity contribution in [2.75, 3.05) is 26.7 Å². The van der Waals surface area contributed by atoms with E-state index >= 15 is 0 Å². The largest absolute Gasteiger partial charge is 0.356 e. The molecule has 3 rings (SSSR count). The Morgan fingerprint density at radius 3 is 2.62 bits per heavy atom. The molecular formula is C20H27BrN4S. The predicted molar refractivity (Wildman–Crippen MR) is 115 cm³/mol. The fourth-order valence-electron chi connectivity index (χ4n) is 3.23. The van der Waals surface area contributed by atoms with E-state index in [0.29, 0.717) is 6.04 Å². The molecule has 2 aromatic rings. The molecule has 140 valence electrons. The molecule has 26 heavy (non-hydrogen) atoms. The Labute approximate surface area is 168 Å². The lowest BCUT2D eigenvalue weighted by atomic mass is 10.0. The predicted octanol–water partition coefficient (Wildman–Crippen LogP) is 3.88. The topological polar surface area (TPSA) is 39.7 Å². The summed E-state index contributed by atoms with van der Waals surface area (Å²) in [5.41, 5.74) is 2.77. The Hall–Kier alpha value is -1.37. The number of halogens is 1. The number of hydrogen-bond acceptors (Lipinski definition) is 3. The maximum atomic E-state index is 4.37. The molecule has 0 unspecified atom stereocenters. The Morgan fingerprint density at radius 1 is 1.19 bits per heavy atom. The summed E-state index contributed by atoms with van der Waals surface area (Å²) in [5.74, 6) is 0.923. The van der Waals surface area contributed by atoms with Gasteiger partial charge in [0, 0.05) is 43.7 Å². The normalized spacial score (nSPS) is 16.6. The molecule has 0 amide bonds. The Bertz CT molecular complexity index is 676. The van der Waals surface area contributed by atoms with E-state index in [1.54, 1.807) is 11.3 Å². The first-order valence-corrected chi connectivity index (χ1v) is 10.9. The molecule has 2 N–H and O–H groups in total. The van der Waals surface area contributed by atoms with E-state index in [0.717, 1.165) is 55.9 Å². The summed E-state index contributed by atoms with van der Waals surface area (Å²) < 4.78 is 1.14. The molecule has 2 heterocycles. The molecule has 1 saturated heterocycles. The average Bonchev–Trinajstić information content (AvgIpc) is 3.18. The first kappa shape index (κ1) is 19.4. The van der Waals surface area contributed by atoms with Crippen LogP contribution in [0.25, 0.3) is 0 Å². The molecule has 0 atom stereocenters. The quantitative estimate of drug-likeness (QED) is 0.535. The van der Waals surface area contributed by atoms with Gasteiger partial charge < -0.3 is 10.6 Å². The second kappa shape index (κ2) is 10.1. The minimum atomic E-state index is 0.503. The smallest absolute Gasteiger partial charge is 0.191 e. The van der Waals surface area contributed by atoms with Crippen molar-refractivity contribution in [3.05, 3.63) is 56.7 Å². The zero-order valence-electron chi connectivity index (χ0n) is 15.2. The van der Waals surface area contributed by atoms with Gasteiger partial charge in [-0.25, -0.2) is 0 Å². The lowest BCUT2D eigenvalue weighted by Gasteiger charge is -2.33. The lowest BCUT2D eigenvalue weighted by Crippen LogP contribution is -2.48. The van der Waals surface area contributed by atoms with Crippen molar-refractivity contribution in [1.82, 2.24) is 15.5 Å². The van der Waals surface area contributed by atoms with Crippen LogP contribution in [0.1, 0.15) is 24.0 Å². The number of guanidine groups is 1. The summed E-state index contributed by atoms with van der Waals surface area (Å²) in [6, 6.07) is 11.3. The van der Waals surface area contributed by atoms with Crippen LogP contribution in [0.2, 0.25) is 0 Å². The zero-order chi connectivity index (χ0) is 18.2. The molecule has 1 aromatic heterocycles. The van der Waals surface area contributed by atoms with Gasteiger partial charge in [-0.2, -0.15) is 11.3 Å². The fraction of sp³-hybridized carbons (Fsp3) is 0.450. The molecule has 1 fully saturated rings. The number of nitrogens with one attached hydrogen (secondary N) is 2. The van der Waals surface area contributed by atoms with Crippen LogP contribution in [-0.4, -0.2) is 43.6 Å². The van der Waals surface area contributed by atoms with Crippen LogP contribution in [0.3, 0.4) is 0 Å². The molecular weight excluding hydrogens is 408 g/mol. The number of aliphatic imine (C=N–C) groups is 1. The minimum absolute atomic E-state index is 0.503. The highest BCUT2D eigenvalue weighted by Gasteiger charge is 2.20. The number of piperidine rings is 1. The van der Waals surface area contributed by atoms with E-state index in [-0.39, 0.29) is 0 Å². The highest BCUT2D eigenvalue weighted by Crippen LogP contribution is 2.16. The molecule has 6 heteroatoms. The summed E-state index contributed by atoms with van der Waals surface area (Å²) >= 11 is 5.25. The number of rotatable bonds is 6. The zero-order valence-corrected chi connectivity index (χ0v) is 17.7. The van der Waals surface area contributed by atoms with Gasteiger partial charge in [0.2, 0.25) is 0 Å². The van der Waals surface area contributed by atoms with Gasteiger partial charge in [0.05, 0.1) is 0 Å². The van der Waals surface area contributed by atoms with Crippen LogP contribution in [0.4, 0.5) is 0 Å². The Kier molecular flexibility index (Phi) is 7.53. The second-order valence-corrected chi connectivity index (χ2v) is 8.40. The summed E-state index contributed by atoms with van der Waals surface area (Å²) in [6.07, 6.45) is 3.35. The maximum absolute atomic E-state index is 4.37. The Balaban J connectivity index is 1.37. The number of benzene rings is 1. The van der Waals surface area contributed by atoms with Crippen molar-refractivity contribution in [3.63, 3.8) is 0 Å². The van der Waals surface area contributed by atoms with Gasteiger partial charge in [0.25, 0.3) is 0 Å². The van der Waals surface area contributed by atoms with Crippen LogP contribution in [0.5, 0.6) is 0 Å². The van der Waals surface area contributed by atoms with E-state index in [9.17, 15) is 0 Å². The Morgan fingerprint density at radius 2 is 1.96 bits per heavy atom. The first-order chi connectivity index (χ1) is 12.7. The van der Waals surface area contributed by atoms with Crippen molar-refractivity contribution in [1.29, 1.82) is 0 Å². The van der Waals surface area contributed by atoms with Crippen molar-refractivity contribution >= 4 is 33.2 Å². The molecule has 0 radical (unpaired) electrons. The molecule has 0 saturated carbocycles. The highest BCUT2D eigenvalue weighted by molar-refractivity contribution is 9.10. The molecule has 1 aliphatic rings. The maximum Gasteiger partial charge on any atom is 0.191 e. The first-order valence-electron chi connectivity index (χ1n) is 9.18. The molecule has 1 aliphatic heterocycles. The van der Waals surface area contributed by atoms with Gasteiger partial charge in [0.15, 0.2) is 5.96 Å². The van der Waals surface area contributed by atoms with E-state index in [4.69, 9.17) is 0 Å². The van der Waals surface area contributed by atoms with Gasteiger partial charge in [-0.05, 0) is 59.3 Å². The van der Waals surface area contributed by atoms with E-state index in [1.165, 1.54) is 11.1 Å². The summed E-state index contributed by atoms with van der Waals surface area (Å²) in [5, 5.41) is 11.4. The third-order valence-corrected chi connectivity index (χ3v) is 6.02. The third kappa shape index (κ3) is 6.11. The standard InChI is InChI=1S/C20H27BrN4S/c1-22-20(23-10-6-17-9-13-26-15-17)24-19-7-11-25(12-8-19)14-16-2-4-18(21)5-3-16/h2-5,9,13,15,19H,6-8,10-12,14H2,1H3,(H2,22,23,24). The molecule has 4 nitrogen and oxygen atoms in total. The molecule has 1 aromatic carbocycles. The average molecular weight is 435 g/mol. The van der Waals surface area contributed by atoms with Crippen LogP contribution >= 0.6 is 27.3 Å². The summed E-state index contributed by atoms with van der Waals surface area (Å²) in [7, 11) is 1.85. The summed E-state index contributed by atoms with van der Waals surface area (Å²) in [6.45, 7) is 4.20. The molecule has 0 bridgehead atoms. The minimum Gasteiger partial charge on any atom is -0.356 e. The fourth-order valence-corrected chi connectivity index (χ4v) is 4.20. The number of hydrogen-bond donors (Lipinski definition) is 2. The number of likely N-dealkylation sites (tertiary alicyclic amines) is 1. The lowest BCUT2D eigenvalue weighted by molar-refractivity contribution is 0.198. The van der Waals surface area contributed by atoms with Crippen molar-refractivity contribution in [2.24, 2.45) is 4.99 Å². The molecule has 0 spiro atoms. The number of nitrogens with zero attached hydrogens (tertiary/aromatic N) is 2. The van der Waals surface area contributed by atoms with Gasteiger partial charge in [0.1, 0.15) is 0 Å². The van der Waals surface area contributed by atoms with Crippen molar-refractivity contribution in [3.8, 4) is 0 Å². The van der Waals surface area contributed by atoms with Gasteiger partial charge in [-0.1, -0.05) is 28.1 Å². The van der Waals surface area contributed by atoms with E-state index < -0.39 is 0 Å². The SMILES string of the molecule is CN=C(NCCc1ccsc1)NC1CCN(Cc2ccc(Br)cc2)CC1. The van der Waals surface area contributed by atoms with Crippen molar-refractivity contribution < 1.29 is 0 Å². The molecule has 0 aliphatic carbocycles. The van der Waals surface area contributed by atoms with Gasteiger partial charge >= 0.3 is 0 Å². The summed E-state index contributed by atoms with van der Waals surface area (Å²) in [4.78, 5) is 6.91. The highest BCUT2D eigenvalue weighted by atomic mass is 79.9. The van der Waals surface area contributed by atoms with Crippen LogP contribution in [-0.2, 0) is 13.0 Å². The van der Waals surface area contributed by atoms with Crippen LogP contribution < -0.4 is 10.6 Å². The third-order valence-electron chi connectivity index (χ3n) is 4.76. The number of thiophene rings is 1.